The molecule has 1 aliphatic carbocycles. The predicted molar refractivity (Wildman–Crippen MR) is 246 cm³/mol. The van der Waals surface area contributed by atoms with Crippen molar-refractivity contribution in [3.63, 3.8) is 0 Å². The van der Waals surface area contributed by atoms with Gasteiger partial charge in [-0.2, -0.15) is 0 Å². The molecule has 8 aromatic rings. The van der Waals surface area contributed by atoms with Gasteiger partial charge in [-0.15, -0.1) is 0 Å². The monoisotopic (exact) mass is 762 g/mol. The van der Waals surface area contributed by atoms with Crippen molar-refractivity contribution in [2.24, 2.45) is 0 Å². The first kappa shape index (κ1) is 33.9. The molecule has 4 aliphatic heterocycles. The summed E-state index contributed by atoms with van der Waals surface area (Å²) in [5, 5.41) is 2.36. The van der Waals surface area contributed by atoms with Crippen molar-refractivity contribution < 1.29 is 4.42 Å². The van der Waals surface area contributed by atoms with E-state index in [0.717, 1.165) is 17.6 Å². The van der Waals surface area contributed by atoms with Gasteiger partial charge in [-0.3, -0.25) is 0 Å². The third-order valence-electron chi connectivity index (χ3n) is 15.8. The highest BCUT2D eigenvalue weighted by Crippen LogP contribution is 2.66. The van der Waals surface area contributed by atoms with Crippen molar-refractivity contribution >= 4 is 62.5 Å². The Morgan fingerprint density at radius 1 is 0.610 bits per heavy atom. The van der Waals surface area contributed by atoms with Crippen molar-refractivity contribution in [2.45, 2.75) is 82.1 Å². The lowest BCUT2D eigenvalue weighted by atomic mass is 9.41. The summed E-state index contributed by atoms with van der Waals surface area (Å²) in [6.45, 7) is 12.4. The van der Waals surface area contributed by atoms with Crippen LogP contribution in [0.15, 0.2) is 150 Å². The van der Waals surface area contributed by atoms with Crippen molar-refractivity contribution in [3.8, 4) is 11.1 Å². The molecule has 1 fully saturated rings. The smallest absolute Gasteiger partial charge is 0.329 e. The molecule has 5 heterocycles. The Morgan fingerprint density at radius 3 is 2.05 bits per heavy atom. The number of benzene rings is 7. The van der Waals surface area contributed by atoms with Gasteiger partial charge in [0, 0.05) is 49.9 Å². The maximum Gasteiger partial charge on any atom is 0.329 e. The van der Waals surface area contributed by atoms with Crippen LogP contribution in [0, 0.1) is 0 Å². The van der Waals surface area contributed by atoms with Crippen LogP contribution in [0.2, 0.25) is 0 Å². The van der Waals surface area contributed by atoms with Crippen LogP contribution in [0.3, 0.4) is 0 Å². The van der Waals surface area contributed by atoms with Crippen LogP contribution >= 0.6 is 0 Å². The summed E-state index contributed by atoms with van der Waals surface area (Å²) in [4.78, 5) is 5.63. The zero-order valence-corrected chi connectivity index (χ0v) is 34.6. The average molecular weight is 763 g/mol. The topological polar surface area (TPSA) is 19.6 Å². The highest BCUT2D eigenvalue weighted by molar-refractivity contribution is 6.93. The van der Waals surface area contributed by atoms with E-state index in [1.165, 1.54) is 108 Å². The SMILES string of the molecule is CC(C)(C)c1cc2c3c(c1)C1(C)CCCCC1(C)N3B1c3cccc4c3N(c3ccccc3C4(c3ccccc3)c3ccccc3)c3cc4c(oc5ccccc54)c-2c31. The molecular weight excluding hydrogens is 715 g/mol. The molecule has 0 amide bonds. The van der Waals surface area contributed by atoms with Crippen LogP contribution in [0.5, 0.6) is 0 Å². The van der Waals surface area contributed by atoms with Crippen molar-refractivity contribution in [1.29, 1.82) is 0 Å². The number of rotatable bonds is 2. The molecule has 5 aliphatic rings. The normalized spacial score (nSPS) is 21.5. The lowest BCUT2D eigenvalue weighted by Gasteiger charge is -2.56. The minimum atomic E-state index is -0.540. The maximum absolute atomic E-state index is 7.15. The van der Waals surface area contributed by atoms with Gasteiger partial charge >= 0.3 is 6.85 Å². The van der Waals surface area contributed by atoms with E-state index in [2.05, 4.69) is 190 Å². The van der Waals surface area contributed by atoms with Gasteiger partial charge in [0.1, 0.15) is 11.2 Å². The molecule has 2 unspecified atom stereocenters. The average Bonchev–Trinajstić information content (AvgIpc) is 3.73. The van der Waals surface area contributed by atoms with Crippen molar-refractivity contribution in [2.75, 3.05) is 9.71 Å². The molecule has 0 radical (unpaired) electrons. The third kappa shape index (κ3) is 3.93. The van der Waals surface area contributed by atoms with Gasteiger partial charge in [0.2, 0.25) is 0 Å². The van der Waals surface area contributed by atoms with Gasteiger partial charge in [0.15, 0.2) is 0 Å². The molecule has 59 heavy (non-hydrogen) atoms. The predicted octanol–water partition coefficient (Wildman–Crippen LogP) is 12.6. The van der Waals surface area contributed by atoms with E-state index >= 15 is 0 Å². The molecule has 3 nitrogen and oxygen atoms in total. The number of furan rings is 1. The Kier molecular flexibility index (Phi) is 6.43. The molecule has 0 bridgehead atoms. The van der Waals surface area contributed by atoms with Crippen molar-refractivity contribution in [1.82, 2.24) is 0 Å². The Balaban J connectivity index is 1.25. The lowest BCUT2D eigenvalue weighted by molar-refractivity contribution is 0.199. The second-order valence-corrected chi connectivity index (χ2v) is 19.5. The number of hydrogen-bond acceptors (Lipinski definition) is 3. The Bertz CT molecular complexity index is 3060. The van der Waals surface area contributed by atoms with E-state index in [-0.39, 0.29) is 23.2 Å². The molecule has 1 aromatic heterocycles. The summed E-state index contributed by atoms with van der Waals surface area (Å²) >= 11 is 0. The minimum Gasteiger partial charge on any atom is -0.455 e. The third-order valence-corrected chi connectivity index (χ3v) is 15.8. The summed E-state index contributed by atoms with van der Waals surface area (Å²) in [6.07, 6.45) is 4.85. The fraction of sp³-hybridized carbons (Fsp3) is 0.236. The molecule has 4 heteroatoms. The van der Waals surface area contributed by atoms with Crippen molar-refractivity contribution in [3.05, 3.63) is 179 Å². The van der Waals surface area contributed by atoms with Gasteiger partial charge in [0.05, 0.1) is 11.1 Å². The van der Waals surface area contributed by atoms with E-state index < -0.39 is 5.41 Å². The van der Waals surface area contributed by atoms with E-state index in [4.69, 9.17) is 4.42 Å². The number of anilines is 4. The first-order valence-electron chi connectivity index (χ1n) is 21.8. The first-order valence-corrected chi connectivity index (χ1v) is 21.8. The van der Waals surface area contributed by atoms with Crippen LogP contribution in [0.25, 0.3) is 33.1 Å². The summed E-state index contributed by atoms with van der Waals surface area (Å²) in [5.41, 5.74) is 20.1. The molecule has 13 rings (SSSR count). The second kappa shape index (κ2) is 11.2. The zero-order chi connectivity index (χ0) is 39.6. The van der Waals surface area contributed by atoms with Crippen LogP contribution in [-0.2, 0) is 16.2 Å². The second-order valence-electron chi connectivity index (χ2n) is 19.5. The summed E-state index contributed by atoms with van der Waals surface area (Å²) in [5.74, 6) is 0. The maximum atomic E-state index is 7.15. The summed E-state index contributed by atoms with van der Waals surface area (Å²) in [6, 6.07) is 55.4. The van der Waals surface area contributed by atoms with E-state index in [1.807, 2.05) is 0 Å². The minimum absolute atomic E-state index is 0.00465. The summed E-state index contributed by atoms with van der Waals surface area (Å²) in [7, 11) is 0. The van der Waals surface area contributed by atoms with Crippen LogP contribution in [0.4, 0.5) is 22.7 Å². The van der Waals surface area contributed by atoms with Crippen LogP contribution in [0.1, 0.15) is 93.7 Å². The van der Waals surface area contributed by atoms with Gasteiger partial charge in [0.25, 0.3) is 0 Å². The molecule has 0 saturated heterocycles. The van der Waals surface area contributed by atoms with Crippen LogP contribution < -0.4 is 20.6 Å². The van der Waals surface area contributed by atoms with Gasteiger partial charge in [-0.05, 0) is 93.8 Å². The molecule has 1 saturated carbocycles. The fourth-order valence-corrected chi connectivity index (χ4v) is 12.9. The molecular formula is C55H47BN2O. The molecule has 2 atom stereocenters. The molecule has 286 valence electrons. The van der Waals surface area contributed by atoms with E-state index in [9.17, 15) is 0 Å². The quantitative estimate of drug-likeness (QED) is 0.164. The largest absolute Gasteiger partial charge is 0.455 e. The standard InChI is InChI=1S/C55H47BN2O/c1-52(2,3)36-31-39-47-48-45(33-38-37-23-12-15-28-46(37)59-51(38)47)57-44-27-14-13-24-40(44)55(34-19-8-6-9-20-34,35-21-10-7-11-22-35)41-25-18-26-43(50(41)57)56(48)58-49(39)42(32-36)53(4)29-16-17-30-54(53,58)5/h6-15,18-28,31-33H,16-17,29-30H2,1-5H3. The van der Waals surface area contributed by atoms with Gasteiger partial charge in [-0.1, -0.05) is 162 Å². The number of para-hydroxylation sites is 3. The molecule has 0 N–H and O–H groups in total. The van der Waals surface area contributed by atoms with Gasteiger partial charge in [-0.25, -0.2) is 0 Å². The van der Waals surface area contributed by atoms with Gasteiger partial charge < -0.3 is 14.1 Å². The Morgan fingerprint density at radius 2 is 1.29 bits per heavy atom. The highest BCUT2D eigenvalue weighted by atomic mass is 16.3. The fourth-order valence-electron chi connectivity index (χ4n) is 12.9. The zero-order valence-electron chi connectivity index (χ0n) is 34.6. The molecule has 7 aromatic carbocycles. The Hall–Kier alpha value is -6.00. The highest BCUT2D eigenvalue weighted by Gasteiger charge is 2.64. The van der Waals surface area contributed by atoms with E-state index in [0.29, 0.717) is 0 Å². The van der Waals surface area contributed by atoms with E-state index in [1.54, 1.807) is 0 Å². The number of hydrogen-bond donors (Lipinski definition) is 0. The number of fused-ring (bicyclic) bond motifs is 13. The number of nitrogens with zero attached hydrogens (tertiary/aromatic N) is 2. The lowest BCUT2D eigenvalue weighted by Crippen LogP contribution is -2.71. The first-order chi connectivity index (χ1) is 28.7. The van der Waals surface area contributed by atoms with Crippen LogP contribution in [-0.4, -0.2) is 12.4 Å². The molecule has 0 spiro atoms. The Labute approximate surface area is 347 Å². The summed E-state index contributed by atoms with van der Waals surface area (Å²) < 4.78 is 7.15.